The van der Waals surface area contributed by atoms with Gasteiger partial charge in [-0.1, -0.05) is 0 Å². The number of carbonyl (C=O) groups is 2. The molecule has 164 valence electrons. The molecule has 0 aliphatic carbocycles. The first-order valence-corrected chi connectivity index (χ1v) is 10.6. The summed E-state index contributed by atoms with van der Waals surface area (Å²) in [6, 6.07) is 3.10. The molecule has 14 heteroatoms. The van der Waals surface area contributed by atoms with E-state index >= 15 is 0 Å². The van der Waals surface area contributed by atoms with Gasteiger partial charge in [-0.3, -0.25) is 4.68 Å². The second-order valence-corrected chi connectivity index (χ2v) is 8.95. The van der Waals surface area contributed by atoms with E-state index in [0.29, 0.717) is 10.6 Å². The molecule has 0 unspecified atom stereocenters. The van der Waals surface area contributed by atoms with Crippen molar-refractivity contribution in [2.45, 2.75) is 22.6 Å². The molecule has 9 nitrogen and oxygen atoms in total. The molecule has 0 aliphatic rings. The van der Waals surface area contributed by atoms with Crippen LogP contribution in [-0.4, -0.2) is 41.3 Å². The van der Waals surface area contributed by atoms with Gasteiger partial charge in [0.25, 0.3) is 0 Å². The highest BCUT2D eigenvalue weighted by molar-refractivity contribution is 7.91. The summed E-state index contributed by atoms with van der Waals surface area (Å²) in [7, 11) is -2.68. The zero-order chi connectivity index (χ0) is 23.0. The number of halogens is 3. The zero-order valence-electron chi connectivity index (χ0n) is 15.6. The summed E-state index contributed by atoms with van der Waals surface area (Å²) in [5.41, 5.74) is 5.39. The van der Waals surface area contributed by atoms with E-state index in [4.69, 9.17) is 5.73 Å². The van der Waals surface area contributed by atoms with Gasteiger partial charge < -0.3 is 10.5 Å². The number of ether oxygens (including phenoxy) is 1. The second-order valence-electron chi connectivity index (χ2n) is 6.11. The Morgan fingerprint density at radius 1 is 1.23 bits per heavy atom. The normalized spacial score (nSPS) is 12.0. The van der Waals surface area contributed by atoms with Crippen molar-refractivity contribution in [2.24, 2.45) is 12.8 Å². The molecule has 31 heavy (non-hydrogen) atoms. The number of aryl methyl sites for hydroxylation is 1. The molecule has 3 rings (SSSR count). The van der Waals surface area contributed by atoms with Gasteiger partial charge in [0.15, 0.2) is 5.03 Å². The molecule has 0 amide bonds. The Morgan fingerprint density at radius 2 is 1.94 bits per heavy atom. The molecule has 0 saturated carbocycles. The van der Waals surface area contributed by atoms with Crippen molar-refractivity contribution < 1.29 is 35.9 Å². The van der Waals surface area contributed by atoms with Crippen LogP contribution in [0.15, 0.2) is 45.9 Å². The average molecular weight is 474 g/mol. The SMILES string of the molecule is Cn1cc(-c2cc(C(=O)OC(=O)C(F)(F)F)cc(S(=O)(=O)c3csc(CN)n3)c2)cn1. The number of hydrogen-bond donors (Lipinski definition) is 1. The molecule has 2 aromatic heterocycles. The summed E-state index contributed by atoms with van der Waals surface area (Å²) in [6.45, 7) is 0.00699. The van der Waals surface area contributed by atoms with Crippen LogP contribution in [0.1, 0.15) is 15.4 Å². The molecule has 0 radical (unpaired) electrons. The fourth-order valence-electron chi connectivity index (χ4n) is 2.44. The Morgan fingerprint density at radius 3 is 2.48 bits per heavy atom. The minimum absolute atomic E-state index is 0.00699. The molecular weight excluding hydrogens is 461 g/mol. The molecule has 1 aromatic carbocycles. The van der Waals surface area contributed by atoms with Gasteiger partial charge in [0, 0.05) is 30.7 Å². The van der Waals surface area contributed by atoms with E-state index in [1.165, 1.54) is 28.5 Å². The predicted octanol–water partition coefficient (Wildman–Crippen LogP) is 2.08. The highest BCUT2D eigenvalue weighted by atomic mass is 32.2. The molecule has 3 aromatic rings. The summed E-state index contributed by atoms with van der Waals surface area (Å²) in [5.74, 6) is -4.38. The Kier molecular flexibility index (Phi) is 5.98. The van der Waals surface area contributed by atoms with Crippen molar-refractivity contribution in [1.29, 1.82) is 0 Å². The quantitative estimate of drug-likeness (QED) is 0.439. The maximum Gasteiger partial charge on any atom is 0.491 e. The summed E-state index contributed by atoms with van der Waals surface area (Å²) in [5, 5.41) is 5.19. The minimum atomic E-state index is -5.40. The Balaban J connectivity index is 2.11. The third-order valence-corrected chi connectivity index (χ3v) is 6.52. The van der Waals surface area contributed by atoms with Crippen molar-refractivity contribution in [3.63, 3.8) is 0 Å². The number of sulfone groups is 1. The first-order chi connectivity index (χ1) is 14.4. The fraction of sp³-hybridized carbons (Fsp3) is 0.176. The van der Waals surface area contributed by atoms with Crippen molar-refractivity contribution in [2.75, 3.05) is 0 Å². The van der Waals surface area contributed by atoms with E-state index in [9.17, 15) is 31.2 Å². The van der Waals surface area contributed by atoms with Crippen molar-refractivity contribution in [1.82, 2.24) is 14.8 Å². The minimum Gasteiger partial charge on any atom is -0.383 e. The summed E-state index contributed by atoms with van der Waals surface area (Å²) >= 11 is 1.01. The summed E-state index contributed by atoms with van der Waals surface area (Å²) in [6.07, 6.45) is -2.54. The number of alkyl halides is 3. The van der Waals surface area contributed by atoms with Gasteiger partial charge in [0.2, 0.25) is 9.84 Å². The average Bonchev–Trinajstić information content (AvgIpc) is 3.36. The largest absolute Gasteiger partial charge is 0.491 e. The van der Waals surface area contributed by atoms with E-state index in [0.717, 1.165) is 23.5 Å². The standard InChI is InChI=1S/C17H13F3N4O5S2/c1-24-7-11(6-22-24)9-2-10(15(25)29-16(26)17(18,19)20)4-12(3-9)31(27,28)14-8-30-13(5-21)23-14/h2-4,6-8H,5,21H2,1H3. The number of aromatic nitrogens is 3. The number of hydrogen-bond acceptors (Lipinski definition) is 9. The molecule has 2 N–H and O–H groups in total. The van der Waals surface area contributed by atoms with Crippen molar-refractivity contribution >= 4 is 33.1 Å². The van der Waals surface area contributed by atoms with Crippen LogP contribution >= 0.6 is 11.3 Å². The van der Waals surface area contributed by atoms with Gasteiger partial charge in [0.05, 0.1) is 16.7 Å². The van der Waals surface area contributed by atoms with Crippen LogP contribution in [0, 0.1) is 0 Å². The molecule has 0 bridgehead atoms. The van der Waals surface area contributed by atoms with Crippen molar-refractivity contribution in [3.05, 3.63) is 46.5 Å². The van der Waals surface area contributed by atoms with Crippen LogP contribution in [0.25, 0.3) is 11.1 Å². The molecule has 2 heterocycles. The lowest BCUT2D eigenvalue weighted by molar-refractivity contribution is -0.193. The first kappa shape index (κ1) is 22.6. The Labute approximate surface area is 177 Å². The van der Waals surface area contributed by atoms with Gasteiger partial charge in [0.1, 0.15) is 5.01 Å². The number of nitrogens with two attached hydrogens (primary N) is 1. The Bertz CT molecular complexity index is 1260. The zero-order valence-corrected chi connectivity index (χ0v) is 17.2. The molecule has 0 saturated heterocycles. The topological polar surface area (TPSA) is 134 Å². The fourth-order valence-corrected chi connectivity index (χ4v) is 4.72. The molecular formula is C17H13F3N4O5S2. The smallest absolute Gasteiger partial charge is 0.383 e. The van der Waals surface area contributed by atoms with Gasteiger partial charge in [-0.15, -0.1) is 11.3 Å². The first-order valence-electron chi connectivity index (χ1n) is 8.29. The lowest BCUT2D eigenvalue weighted by Gasteiger charge is -2.09. The molecule has 0 atom stereocenters. The monoisotopic (exact) mass is 474 g/mol. The molecule has 0 spiro atoms. The number of carbonyl (C=O) groups excluding carboxylic acids is 2. The highest BCUT2D eigenvalue weighted by Crippen LogP contribution is 2.29. The van der Waals surface area contributed by atoms with Crippen LogP contribution in [0.3, 0.4) is 0 Å². The van der Waals surface area contributed by atoms with Crippen LogP contribution in [0.4, 0.5) is 13.2 Å². The lowest BCUT2D eigenvalue weighted by Crippen LogP contribution is -2.28. The van der Waals surface area contributed by atoms with Crippen LogP contribution in [0.5, 0.6) is 0 Å². The molecule has 0 fully saturated rings. The molecule has 0 aliphatic heterocycles. The van der Waals surface area contributed by atoms with Gasteiger partial charge in [-0.25, -0.2) is 23.0 Å². The lowest BCUT2D eigenvalue weighted by atomic mass is 10.1. The number of benzene rings is 1. The van der Waals surface area contributed by atoms with Crippen LogP contribution in [-0.2, 0) is 33.0 Å². The third-order valence-electron chi connectivity index (χ3n) is 3.89. The van der Waals surface area contributed by atoms with E-state index in [-0.39, 0.29) is 17.1 Å². The van der Waals surface area contributed by atoms with E-state index in [1.54, 1.807) is 7.05 Å². The predicted molar refractivity (Wildman–Crippen MR) is 101 cm³/mol. The van der Waals surface area contributed by atoms with Crippen molar-refractivity contribution in [3.8, 4) is 11.1 Å². The van der Waals surface area contributed by atoms with Gasteiger partial charge >= 0.3 is 18.1 Å². The maximum atomic E-state index is 13.0. The van der Waals surface area contributed by atoms with Gasteiger partial charge in [-0.2, -0.15) is 18.3 Å². The van der Waals surface area contributed by atoms with Crippen LogP contribution < -0.4 is 5.73 Å². The highest BCUT2D eigenvalue weighted by Gasteiger charge is 2.42. The Hall–Kier alpha value is -3.10. The third kappa shape index (κ3) is 4.81. The summed E-state index contributed by atoms with van der Waals surface area (Å²) in [4.78, 5) is 26.7. The maximum absolute atomic E-state index is 13.0. The second kappa shape index (κ2) is 8.20. The summed E-state index contributed by atoms with van der Waals surface area (Å²) < 4.78 is 68.6. The van der Waals surface area contributed by atoms with E-state index < -0.39 is 38.4 Å². The van der Waals surface area contributed by atoms with Gasteiger partial charge in [-0.05, 0) is 23.8 Å². The number of rotatable bonds is 5. The van der Waals surface area contributed by atoms with Crippen LogP contribution in [0.2, 0.25) is 0 Å². The number of nitrogens with zero attached hydrogens (tertiary/aromatic N) is 3. The van der Waals surface area contributed by atoms with E-state index in [2.05, 4.69) is 14.8 Å². The number of esters is 2. The number of thiazole rings is 1. The van der Waals surface area contributed by atoms with E-state index in [1.807, 2.05) is 0 Å².